The lowest BCUT2D eigenvalue weighted by atomic mass is 10.1. The van der Waals surface area contributed by atoms with E-state index in [1.54, 1.807) is 18.2 Å². The number of hydrogen-bond acceptors (Lipinski definition) is 4. The van der Waals surface area contributed by atoms with Crippen molar-refractivity contribution >= 4 is 17.0 Å². The number of benzene rings is 2. The Bertz CT molecular complexity index is 912. The summed E-state index contributed by atoms with van der Waals surface area (Å²) >= 11 is 0. The number of likely N-dealkylation sites (N-methyl/N-ethyl adjacent to an activating group) is 1. The molecule has 3 aromatic rings. The molecule has 2 aromatic carbocycles. The maximum atomic E-state index is 12.3. The molecule has 6 nitrogen and oxygen atoms in total. The van der Waals surface area contributed by atoms with E-state index >= 15 is 0 Å². The summed E-state index contributed by atoms with van der Waals surface area (Å²) in [6, 6.07) is 17.1. The van der Waals surface area contributed by atoms with Gasteiger partial charge in [-0.1, -0.05) is 42.5 Å². The molecule has 0 saturated heterocycles. The Hall–Kier alpha value is -2.86. The summed E-state index contributed by atoms with van der Waals surface area (Å²) in [4.78, 5) is 26.3. The lowest BCUT2D eigenvalue weighted by Crippen LogP contribution is -2.37. The fourth-order valence-corrected chi connectivity index (χ4v) is 2.85. The third-order valence-electron chi connectivity index (χ3n) is 4.18. The lowest BCUT2D eigenvalue weighted by molar-refractivity contribution is -0.121. The second-order valence-electron chi connectivity index (χ2n) is 6.12. The van der Waals surface area contributed by atoms with Crippen LogP contribution in [0.5, 0.6) is 0 Å². The first kappa shape index (κ1) is 17.0. The first-order chi connectivity index (χ1) is 12.1. The van der Waals surface area contributed by atoms with E-state index < -0.39 is 5.76 Å². The van der Waals surface area contributed by atoms with Crippen LogP contribution in [0.3, 0.4) is 0 Å². The molecule has 0 aliphatic carbocycles. The van der Waals surface area contributed by atoms with Gasteiger partial charge in [-0.15, -0.1) is 0 Å². The van der Waals surface area contributed by atoms with Crippen molar-refractivity contribution in [1.29, 1.82) is 0 Å². The Morgan fingerprint density at radius 3 is 2.52 bits per heavy atom. The zero-order valence-corrected chi connectivity index (χ0v) is 14.3. The number of hydrogen-bond donors (Lipinski definition) is 1. The van der Waals surface area contributed by atoms with Crippen LogP contribution >= 0.6 is 0 Å². The van der Waals surface area contributed by atoms with Gasteiger partial charge in [0.15, 0.2) is 5.58 Å². The summed E-state index contributed by atoms with van der Waals surface area (Å²) in [5.41, 5.74) is 2.23. The highest BCUT2D eigenvalue weighted by atomic mass is 16.4. The first-order valence-corrected chi connectivity index (χ1v) is 8.12. The predicted molar refractivity (Wildman–Crippen MR) is 96.4 cm³/mol. The summed E-state index contributed by atoms with van der Waals surface area (Å²) in [7, 11) is 3.94. The molecule has 0 saturated carbocycles. The monoisotopic (exact) mass is 339 g/mol. The van der Waals surface area contributed by atoms with Gasteiger partial charge in [0, 0.05) is 6.54 Å². The number of carbonyl (C=O) groups is 1. The molecule has 0 fully saturated rings. The summed E-state index contributed by atoms with van der Waals surface area (Å²) in [6.07, 6.45) is 0. The summed E-state index contributed by atoms with van der Waals surface area (Å²) in [6.45, 7) is 0.394. The van der Waals surface area contributed by atoms with Gasteiger partial charge in [-0.2, -0.15) is 0 Å². The number of para-hydroxylation sites is 2. The van der Waals surface area contributed by atoms with Crippen LogP contribution in [0.4, 0.5) is 0 Å². The Labute approximate surface area is 145 Å². The van der Waals surface area contributed by atoms with Crippen LogP contribution in [-0.4, -0.2) is 36.0 Å². The number of rotatable bonds is 6. The van der Waals surface area contributed by atoms with Crippen molar-refractivity contribution in [2.24, 2.45) is 0 Å². The summed E-state index contributed by atoms with van der Waals surface area (Å²) in [5, 5.41) is 2.91. The third kappa shape index (κ3) is 3.80. The molecule has 0 spiro atoms. The van der Waals surface area contributed by atoms with Crippen molar-refractivity contribution in [2.45, 2.75) is 12.6 Å². The van der Waals surface area contributed by atoms with E-state index in [1.165, 1.54) is 4.57 Å². The molecule has 6 heteroatoms. The smallest absolute Gasteiger partial charge is 0.408 e. The Balaban J connectivity index is 1.70. The third-order valence-corrected chi connectivity index (χ3v) is 4.18. The molecular formula is C19H21N3O3. The molecule has 25 heavy (non-hydrogen) atoms. The second-order valence-corrected chi connectivity index (χ2v) is 6.12. The normalized spacial score (nSPS) is 12.4. The van der Waals surface area contributed by atoms with Crippen LogP contribution < -0.4 is 11.1 Å². The zero-order chi connectivity index (χ0) is 17.8. The van der Waals surface area contributed by atoms with Gasteiger partial charge in [0.1, 0.15) is 6.54 Å². The summed E-state index contributed by atoms with van der Waals surface area (Å²) < 4.78 is 6.50. The van der Waals surface area contributed by atoms with Gasteiger partial charge in [0.05, 0.1) is 11.6 Å². The van der Waals surface area contributed by atoms with Gasteiger partial charge in [0.2, 0.25) is 5.91 Å². The van der Waals surface area contributed by atoms with Gasteiger partial charge >= 0.3 is 5.76 Å². The summed E-state index contributed by atoms with van der Waals surface area (Å²) in [5.74, 6) is -0.750. The van der Waals surface area contributed by atoms with Crippen LogP contribution in [0.1, 0.15) is 11.6 Å². The molecule has 0 aliphatic heterocycles. The SMILES string of the molecule is CN(C)C(CNC(=O)Cn1c(=O)oc2ccccc21)c1ccccc1. The van der Waals surface area contributed by atoms with Gasteiger partial charge in [-0.3, -0.25) is 9.36 Å². The van der Waals surface area contributed by atoms with Crippen molar-refractivity contribution in [3.63, 3.8) is 0 Å². The molecule has 1 amide bonds. The number of nitrogens with one attached hydrogen (secondary N) is 1. The molecule has 0 radical (unpaired) electrons. The topological polar surface area (TPSA) is 67.5 Å². The molecular weight excluding hydrogens is 318 g/mol. The molecule has 3 rings (SSSR count). The van der Waals surface area contributed by atoms with E-state index in [0.29, 0.717) is 17.6 Å². The fourth-order valence-electron chi connectivity index (χ4n) is 2.85. The minimum Gasteiger partial charge on any atom is -0.408 e. The molecule has 1 heterocycles. The second kappa shape index (κ2) is 7.36. The maximum absolute atomic E-state index is 12.3. The zero-order valence-electron chi connectivity index (χ0n) is 14.3. The van der Waals surface area contributed by atoms with Crippen molar-refractivity contribution in [2.75, 3.05) is 20.6 Å². The first-order valence-electron chi connectivity index (χ1n) is 8.12. The van der Waals surface area contributed by atoms with E-state index in [1.807, 2.05) is 50.5 Å². The number of amides is 1. The quantitative estimate of drug-likeness (QED) is 0.746. The van der Waals surface area contributed by atoms with Crippen LogP contribution in [0.25, 0.3) is 11.1 Å². The van der Waals surface area contributed by atoms with Crippen molar-refractivity contribution in [1.82, 2.24) is 14.8 Å². The van der Waals surface area contributed by atoms with E-state index in [9.17, 15) is 9.59 Å². The van der Waals surface area contributed by atoms with Crippen LogP contribution in [-0.2, 0) is 11.3 Å². The number of aromatic nitrogens is 1. The average molecular weight is 339 g/mol. The van der Waals surface area contributed by atoms with Crippen molar-refractivity contribution in [3.05, 3.63) is 70.7 Å². The molecule has 1 N–H and O–H groups in total. The molecule has 130 valence electrons. The van der Waals surface area contributed by atoms with E-state index in [2.05, 4.69) is 10.2 Å². The number of oxazole rings is 1. The van der Waals surface area contributed by atoms with E-state index in [0.717, 1.165) is 5.56 Å². The minimum atomic E-state index is -0.524. The maximum Gasteiger partial charge on any atom is 0.420 e. The molecule has 1 aromatic heterocycles. The number of carbonyl (C=O) groups excluding carboxylic acids is 1. The Morgan fingerprint density at radius 1 is 1.12 bits per heavy atom. The van der Waals surface area contributed by atoms with E-state index in [-0.39, 0.29) is 18.5 Å². The van der Waals surface area contributed by atoms with Gasteiger partial charge in [-0.05, 0) is 31.8 Å². The highest BCUT2D eigenvalue weighted by Crippen LogP contribution is 2.16. The Morgan fingerprint density at radius 2 is 1.80 bits per heavy atom. The van der Waals surface area contributed by atoms with Crippen LogP contribution in [0, 0.1) is 0 Å². The standard InChI is InChI=1S/C19H21N3O3/c1-21(2)16(14-8-4-3-5-9-14)12-20-18(23)13-22-15-10-6-7-11-17(15)25-19(22)24/h3-11,16H,12-13H2,1-2H3,(H,20,23). The average Bonchev–Trinajstić information content (AvgIpc) is 2.91. The highest BCUT2D eigenvalue weighted by Gasteiger charge is 2.16. The molecule has 1 atom stereocenters. The van der Waals surface area contributed by atoms with Crippen molar-refractivity contribution < 1.29 is 9.21 Å². The lowest BCUT2D eigenvalue weighted by Gasteiger charge is -2.25. The Kier molecular flexibility index (Phi) is 5.00. The van der Waals surface area contributed by atoms with Crippen molar-refractivity contribution in [3.8, 4) is 0 Å². The number of fused-ring (bicyclic) bond motifs is 1. The van der Waals surface area contributed by atoms with Crippen LogP contribution in [0.15, 0.2) is 63.8 Å². The minimum absolute atomic E-state index is 0.0583. The number of nitrogens with zero attached hydrogens (tertiary/aromatic N) is 2. The van der Waals surface area contributed by atoms with E-state index in [4.69, 9.17) is 4.42 Å². The van der Waals surface area contributed by atoms with Gasteiger partial charge in [0.25, 0.3) is 0 Å². The molecule has 1 unspecified atom stereocenters. The largest absolute Gasteiger partial charge is 0.420 e. The fraction of sp³-hybridized carbons (Fsp3) is 0.263. The van der Waals surface area contributed by atoms with Gasteiger partial charge < -0.3 is 14.6 Å². The molecule has 0 aliphatic rings. The highest BCUT2D eigenvalue weighted by molar-refractivity contribution is 5.79. The predicted octanol–water partition coefficient (Wildman–Crippen LogP) is 2.01. The van der Waals surface area contributed by atoms with Crippen LogP contribution in [0.2, 0.25) is 0 Å². The molecule has 0 bridgehead atoms. The van der Waals surface area contributed by atoms with Gasteiger partial charge in [-0.25, -0.2) is 4.79 Å².